The molecule has 0 bridgehead atoms. The molecule has 2 N–H and O–H groups in total. The van der Waals surface area contributed by atoms with Crippen molar-refractivity contribution in [3.63, 3.8) is 0 Å². The number of carbonyl (C=O) groups excluding carboxylic acids is 2. The van der Waals surface area contributed by atoms with Gasteiger partial charge in [-0.3, -0.25) is 9.69 Å². The van der Waals surface area contributed by atoms with E-state index in [1.807, 2.05) is 60.8 Å². The standard InChI is InChI=1S/C19H17N3O2/c23-18-17(10-14-11-20-16-9-5-4-8-15(14)16)21-19(24)22(18)12-13-6-2-1-3-7-13/h1-9,11,17,20H,10,12H2,(H,21,24)/t17-/m0/s1. The van der Waals surface area contributed by atoms with Crippen molar-refractivity contribution in [2.24, 2.45) is 0 Å². The topological polar surface area (TPSA) is 65.2 Å². The maximum absolute atomic E-state index is 12.6. The average Bonchev–Trinajstić information content (AvgIpc) is 3.13. The van der Waals surface area contributed by atoms with Crippen molar-refractivity contribution in [3.8, 4) is 0 Å². The number of aromatic amines is 1. The Labute approximate surface area is 139 Å². The van der Waals surface area contributed by atoms with E-state index in [-0.39, 0.29) is 11.9 Å². The molecule has 1 atom stereocenters. The summed E-state index contributed by atoms with van der Waals surface area (Å²) >= 11 is 0. The summed E-state index contributed by atoms with van der Waals surface area (Å²) in [5.74, 6) is -0.172. The molecule has 0 spiro atoms. The second kappa shape index (κ2) is 5.85. The molecule has 1 saturated heterocycles. The number of imide groups is 1. The van der Waals surface area contributed by atoms with Gasteiger partial charge in [-0.05, 0) is 17.2 Å². The first-order valence-corrected chi connectivity index (χ1v) is 7.93. The van der Waals surface area contributed by atoms with Gasteiger partial charge < -0.3 is 10.3 Å². The molecule has 3 amide bonds. The van der Waals surface area contributed by atoms with Gasteiger partial charge in [0.25, 0.3) is 5.91 Å². The van der Waals surface area contributed by atoms with Crippen LogP contribution < -0.4 is 5.32 Å². The Kier molecular flexibility index (Phi) is 3.54. The molecule has 1 aliphatic heterocycles. The van der Waals surface area contributed by atoms with Crippen LogP contribution in [0.2, 0.25) is 0 Å². The third kappa shape index (κ3) is 2.54. The van der Waals surface area contributed by atoms with Crippen LogP contribution in [-0.2, 0) is 17.8 Å². The zero-order valence-corrected chi connectivity index (χ0v) is 13.0. The number of fused-ring (bicyclic) bond motifs is 1. The van der Waals surface area contributed by atoms with Crippen LogP contribution >= 0.6 is 0 Å². The van der Waals surface area contributed by atoms with Crippen LogP contribution in [0.15, 0.2) is 60.8 Å². The van der Waals surface area contributed by atoms with E-state index >= 15 is 0 Å². The molecule has 4 rings (SSSR count). The van der Waals surface area contributed by atoms with E-state index in [0.29, 0.717) is 13.0 Å². The van der Waals surface area contributed by atoms with Gasteiger partial charge in [0.1, 0.15) is 6.04 Å². The molecular formula is C19H17N3O2. The van der Waals surface area contributed by atoms with Gasteiger partial charge in [0, 0.05) is 23.5 Å². The number of urea groups is 1. The minimum atomic E-state index is -0.514. The molecule has 5 heteroatoms. The van der Waals surface area contributed by atoms with E-state index < -0.39 is 6.04 Å². The highest BCUT2D eigenvalue weighted by molar-refractivity contribution is 6.04. The van der Waals surface area contributed by atoms with Gasteiger partial charge >= 0.3 is 6.03 Å². The van der Waals surface area contributed by atoms with Crippen molar-refractivity contribution >= 4 is 22.8 Å². The predicted molar refractivity (Wildman–Crippen MR) is 91.3 cm³/mol. The summed E-state index contributed by atoms with van der Waals surface area (Å²) < 4.78 is 0. The largest absolute Gasteiger partial charge is 0.361 e. The Hall–Kier alpha value is -3.08. The predicted octanol–water partition coefficient (Wildman–Crippen LogP) is 2.83. The number of hydrogen-bond acceptors (Lipinski definition) is 2. The molecule has 120 valence electrons. The second-order valence-corrected chi connectivity index (χ2v) is 5.98. The fourth-order valence-electron chi connectivity index (χ4n) is 3.15. The van der Waals surface area contributed by atoms with Crippen LogP contribution in [0.5, 0.6) is 0 Å². The van der Waals surface area contributed by atoms with E-state index in [1.54, 1.807) is 0 Å². The molecule has 0 radical (unpaired) electrons. The van der Waals surface area contributed by atoms with Crippen molar-refractivity contribution in [2.75, 3.05) is 0 Å². The maximum atomic E-state index is 12.6. The number of hydrogen-bond donors (Lipinski definition) is 2. The molecule has 2 aromatic carbocycles. The lowest BCUT2D eigenvalue weighted by Crippen LogP contribution is -2.32. The van der Waals surface area contributed by atoms with Crippen molar-refractivity contribution in [1.29, 1.82) is 0 Å². The summed E-state index contributed by atoms with van der Waals surface area (Å²) in [4.78, 5) is 29.3. The molecular weight excluding hydrogens is 302 g/mol. The molecule has 0 unspecified atom stereocenters. The fraction of sp³-hybridized carbons (Fsp3) is 0.158. The van der Waals surface area contributed by atoms with E-state index in [4.69, 9.17) is 0 Å². The van der Waals surface area contributed by atoms with Gasteiger partial charge in [-0.15, -0.1) is 0 Å². The number of nitrogens with zero attached hydrogens (tertiary/aromatic N) is 1. The highest BCUT2D eigenvalue weighted by atomic mass is 16.2. The van der Waals surface area contributed by atoms with E-state index in [0.717, 1.165) is 22.0 Å². The summed E-state index contributed by atoms with van der Waals surface area (Å²) in [6, 6.07) is 16.6. The molecule has 2 heterocycles. The van der Waals surface area contributed by atoms with E-state index in [1.165, 1.54) is 4.90 Å². The number of para-hydroxylation sites is 1. The zero-order chi connectivity index (χ0) is 16.5. The Morgan fingerprint density at radius 3 is 2.54 bits per heavy atom. The number of nitrogens with one attached hydrogen (secondary N) is 2. The molecule has 0 aliphatic carbocycles. The first-order valence-electron chi connectivity index (χ1n) is 7.93. The first kappa shape index (κ1) is 14.5. The highest BCUT2D eigenvalue weighted by Gasteiger charge is 2.38. The molecule has 5 nitrogen and oxygen atoms in total. The number of rotatable bonds is 4. The Morgan fingerprint density at radius 2 is 1.71 bits per heavy atom. The monoisotopic (exact) mass is 319 g/mol. The average molecular weight is 319 g/mol. The van der Waals surface area contributed by atoms with Crippen LogP contribution in [-0.4, -0.2) is 27.9 Å². The lowest BCUT2D eigenvalue weighted by molar-refractivity contribution is -0.127. The van der Waals surface area contributed by atoms with Gasteiger partial charge in [0.15, 0.2) is 0 Å². The smallest absolute Gasteiger partial charge is 0.325 e. The lowest BCUT2D eigenvalue weighted by Gasteiger charge is -2.13. The van der Waals surface area contributed by atoms with E-state index in [9.17, 15) is 9.59 Å². The van der Waals surface area contributed by atoms with Crippen LogP contribution in [0.25, 0.3) is 10.9 Å². The lowest BCUT2D eigenvalue weighted by atomic mass is 10.0. The zero-order valence-electron chi connectivity index (χ0n) is 13.0. The number of carbonyl (C=O) groups is 2. The molecule has 1 aromatic heterocycles. The van der Waals surface area contributed by atoms with Crippen molar-refractivity contribution in [2.45, 2.75) is 19.0 Å². The second-order valence-electron chi connectivity index (χ2n) is 5.98. The van der Waals surface area contributed by atoms with E-state index in [2.05, 4.69) is 10.3 Å². The third-order valence-corrected chi connectivity index (χ3v) is 4.39. The van der Waals surface area contributed by atoms with Gasteiger partial charge in [-0.1, -0.05) is 48.5 Å². The fourth-order valence-corrected chi connectivity index (χ4v) is 3.15. The van der Waals surface area contributed by atoms with Gasteiger partial charge in [-0.2, -0.15) is 0 Å². The summed E-state index contributed by atoms with van der Waals surface area (Å²) in [5, 5.41) is 3.88. The minimum Gasteiger partial charge on any atom is -0.361 e. The van der Waals surface area contributed by atoms with Crippen LogP contribution in [0.1, 0.15) is 11.1 Å². The van der Waals surface area contributed by atoms with Crippen LogP contribution in [0.4, 0.5) is 4.79 Å². The first-order chi connectivity index (χ1) is 11.7. The van der Waals surface area contributed by atoms with Gasteiger partial charge in [0.2, 0.25) is 0 Å². The summed E-state index contributed by atoms with van der Waals surface area (Å²) in [7, 11) is 0. The SMILES string of the molecule is O=C1N[C@@H](Cc2c[nH]c3ccccc23)C(=O)N1Cc1ccccc1. The van der Waals surface area contributed by atoms with Gasteiger partial charge in [0.05, 0.1) is 6.54 Å². The third-order valence-electron chi connectivity index (χ3n) is 4.39. The summed E-state index contributed by atoms with van der Waals surface area (Å²) in [6.07, 6.45) is 2.39. The normalized spacial score (nSPS) is 17.5. The maximum Gasteiger partial charge on any atom is 0.325 e. The highest BCUT2D eigenvalue weighted by Crippen LogP contribution is 2.21. The number of aromatic nitrogens is 1. The van der Waals surface area contributed by atoms with Crippen molar-refractivity contribution in [3.05, 3.63) is 71.9 Å². The molecule has 1 aliphatic rings. The van der Waals surface area contributed by atoms with Crippen LogP contribution in [0.3, 0.4) is 0 Å². The van der Waals surface area contributed by atoms with Gasteiger partial charge in [-0.25, -0.2) is 4.79 Å². The van der Waals surface area contributed by atoms with Crippen LogP contribution in [0, 0.1) is 0 Å². The Morgan fingerprint density at radius 1 is 0.958 bits per heavy atom. The van der Waals surface area contributed by atoms with Crippen molar-refractivity contribution in [1.82, 2.24) is 15.2 Å². The summed E-state index contributed by atoms with van der Waals surface area (Å²) in [6.45, 7) is 0.301. The Balaban J connectivity index is 1.53. The number of amides is 3. The van der Waals surface area contributed by atoms with Crippen molar-refractivity contribution < 1.29 is 9.59 Å². The molecule has 24 heavy (non-hydrogen) atoms. The quantitative estimate of drug-likeness (QED) is 0.726. The Bertz CT molecular complexity index is 901. The molecule has 3 aromatic rings. The molecule has 1 fully saturated rings. The summed E-state index contributed by atoms with van der Waals surface area (Å²) in [5.41, 5.74) is 3.00. The number of benzene rings is 2. The number of H-pyrrole nitrogens is 1. The minimum absolute atomic E-state index is 0.172. The molecule has 0 saturated carbocycles.